The van der Waals surface area contributed by atoms with E-state index in [4.69, 9.17) is 0 Å². The molecule has 98 valence electrons. The Labute approximate surface area is 111 Å². The van der Waals surface area contributed by atoms with Gasteiger partial charge >= 0.3 is 0 Å². The normalized spacial score (nSPS) is 12.8. The first kappa shape index (κ1) is 13.3. The van der Waals surface area contributed by atoms with Crippen molar-refractivity contribution in [3.8, 4) is 0 Å². The van der Waals surface area contributed by atoms with Gasteiger partial charge in [0.1, 0.15) is 0 Å². The lowest BCUT2D eigenvalue weighted by Gasteiger charge is -2.11. The van der Waals surface area contributed by atoms with E-state index >= 15 is 0 Å². The molecule has 0 aliphatic rings. The molecule has 0 spiro atoms. The van der Waals surface area contributed by atoms with Gasteiger partial charge in [0, 0.05) is 25.8 Å². The fourth-order valence-electron chi connectivity index (χ4n) is 1.86. The second-order valence-corrected chi connectivity index (χ2v) is 5.06. The number of aryl methyl sites for hydroxylation is 1. The topological polar surface area (TPSA) is 50.1 Å². The molecule has 0 aliphatic heterocycles. The maximum Gasteiger partial charge on any atom is 0.0948 e. The smallest absolute Gasteiger partial charge is 0.0948 e. The molecule has 0 aromatic carbocycles. The number of imidazole rings is 1. The number of hydrogen-bond donors (Lipinski definition) is 2. The summed E-state index contributed by atoms with van der Waals surface area (Å²) in [5.41, 5.74) is 2.14. The minimum atomic E-state index is -0.432. The Morgan fingerprint density at radius 3 is 3.17 bits per heavy atom. The Bertz CT molecular complexity index is 453. The number of nitrogens with zero attached hydrogens (tertiary/aromatic N) is 2. The fourth-order valence-corrected chi connectivity index (χ4v) is 2.56. The molecule has 2 aromatic rings. The maximum atomic E-state index is 9.93. The fraction of sp³-hybridized carbons (Fsp3) is 0.462. The summed E-state index contributed by atoms with van der Waals surface area (Å²) in [6, 6.07) is 1.96. The number of hydrogen-bond acceptors (Lipinski definition) is 4. The van der Waals surface area contributed by atoms with Gasteiger partial charge < -0.3 is 15.0 Å². The van der Waals surface area contributed by atoms with Crippen LogP contribution < -0.4 is 5.32 Å². The lowest BCUT2D eigenvalue weighted by atomic mass is 10.2. The van der Waals surface area contributed by atoms with Crippen LogP contribution in [0.25, 0.3) is 0 Å². The van der Waals surface area contributed by atoms with Crippen molar-refractivity contribution in [1.82, 2.24) is 14.9 Å². The highest BCUT2D eigenvalue weighted by molar-refractivity contribution is 7.07. The third kappa shape index (κ3) is 3.41. The van der Waals surface area contributed by atoms with Gasteiger partial charge in [0.15, 0.2) is 0 Å². The van der Waals surface area contributed by atoms with E-state index in [1.54, 1.807) is 11.3 Å². The lowest BCUT2D eigenvalue weighted by molar-refractivity contribution is 0.174. The number of thiophene rings is 1. The van der Waals surface area contributed by atoms with Gasteiger partial charge in [-0.25, -0.2) is 4.98 Å². The zero-order valence-corrected chi connectivity index (χ0v) is 11.4. The van der Waals surface area contributed by atoms with E-state index in [0.29, 0.717) is 6.54 Å². The molecule has 2 heterocycles. The number of aromatic nitrogens is 2. The van der Waals surface area contributed by atoms with Crippen molar-refractivity contribution in [3.05, 3.63) is 40.6 Å². The first-order valence-electron chi connectivity index (χ1n) is 6.21. The van der Waals surface area contributed by atoms with Gasteiger partial charge in [-0.2, -0.15) is 11.3 Å². The predicted octanol–water partition coefficient (Wildman–Crippen LogP) is 2.18. The summed E-state index contributed by atoms with van der Waals surface area (Å²) in [5, 5.41) is 17.2. The minimum Gasteiger partial charge on any atom is -0.387 e. The molecule has 1 atom stereocenters. The molecule has 2 rings (SSSR count). The molecule has 5 heteroatoms. The summed E-state index contributed by atoms with van der Waals surface area (Å²) in [4.78, 5) is 4.15. The SMILES string of the molecule is CCCn1cncc1CNCC(O)c1ccsc1. The van der Waals surface area contributed by atoms with Crippen molar-refractivity contribution >= 4 is 11.3 Å². The molecule has 0 fully saturated rings. The number of rotatable bonds is 7. The molecule has 0 aliphatic carbocycles. The van der Waals surface area contributed by atoms with Gasteiger partial charge in [-0.05, 0) is 28.8 Å². The molecule has 0 bridgehead atoms. The Morgan fingerprint density at radius 2 is 2.44 bits per heavy atom. The van der Waals surface area contributed by atoms with E-state index in [1.807, 2.05) is 29.4 Å². The molecular formula is C13H19N3OS. The molecule has 18 heavy (non-hydrogen) atoms. The van der Waals surface area contributed by atoms with Gasteiger partial charge in [-0.1, -0.05) is 6.92 Å². The van der Waals surface area contributed by atoms with Crippen LogP contribution in [0.4, 0.5) is 0 Å². The highest BCUT2D eigenvalue weighted by Gasteiger charge is 2.08. The van der Waals surface area contributed by atoms with Crippen molar-refractivity contribution in [1.29, 1.82) is 0 Å². The third-order valence-corrected chi connectivity index (χ3v) is 3.54. The summed E-state index contributed by atoms with van der Waals surface area (Å²) < 4.78 is 2.14. The molecular weight excluding hydrogens is 246 g/mol. The zero-order chi connectivity index (χ0) is 12.8. The van der Waals surface area contributed by atoms with E-state index in [9.17, 15) is 5.11 Å². The molecule has 1 unspecified atom stereocenters. The average molecular weight is 265 g/mol. The van der Waals surface area contributed by atoms with E-state index in [0.717, 1.165) is 30.8 Å². The Morgan fingerprint density at radius 1 is 1.56 bits per heavy atom. The van der Waals surface area contributed by atoms with Crippen molar-refractivity contribution in [3.63, 3.8) is 0 Å². The van der Waals surface area contributed by atoms with Crippen molar-refractivity contribution in [2.45, 2.75) is 32.5 Å². The molecule has 0 amide bonds. The third-order valence-electron chi connectivity index (χ3n) is 2.83. The van der Waals surface area contributed by atoms with E-state index in [2.05, 4.69) is 21.8 Å². The number of nitrogens with one attached hydrogen (secondary N) is 1. The van der Waals surface area contributed by atoms with Gasteiger partial charge in [0.2, 0.25) is 0 Å². The predicted molar refractivity (Wildman–Crippen MR) is 73.5 cm³/mol. The second kappa shape index (κ2) is 6.68. The highest BCUT2D eigenvalue weighted by Crippen LogP contribution is 2.15. The largest absolute Gasteiger partial charge is 0.387 e. The zero-order valence-electron chi connectivity index (χ0n) is 10.5. The summed E-state index contributed by atoms with van der Waals surface area (Å²) in [6.45, 7) is 4.44. The van der Waals surface area contributed by atoms with Crippen LogP contribution in [0.3, 0.4) is 0 Å². The van der Waals surface area contributed by atoms with E-state index < -0.39 is 6.10 Å². The van der Waals surface area contributed by atoms with Gasteiger partial charge in [-0.3, -0.25) is 0 Å². The average Bonchev–Trinajstić information content (AvgIpc) is 3.01. The van der Waals surface area contributed by atoms with Crippen LogP contribution in [0.1, 0.15) is 30.7 Å². The Hall–Kier alpha value is -1.17. The first-order chi connectivity index (χ1) is 8.81. The molecule has 0 saturated carbocycles. The van der Waals surface area contributed by atoms with Crippen LogP contribution in [0.2, 0.25) is 0 Å². The van der Waals surface area contributed by atoms with Crippen molar-refractivity contribution in [2.75, 3.05) is 6.54 Å². The van der Waals surface area contributed by atoms with Crippen LogP contribution in [0, 0.1) is 0 Å². The second-order valence-electron chi connectivity index (χ2n) is 4.28. The van der Waals surface area contributed by atoms with E-state index in [1.165, 1.54) is 0 Å². The first-order valence-corrected chi connectivity index (χ1v) is 7.15. The molecule has 0 saturated heterocycles. The van der Waals surface area contributed by atoms with Gasteiger partial charge in [-0.15, -0.1) is 0 Å². The van der Waals surface area contributed by atoms with Crippen LogP contribution in [0.5, 0.6) is 0 Å². The Kier molecular flexibility index (Phi) is 4.92. The summed E-state index contributed by atoms with van der Waals surface area (Å²) >= 11 is 1.61. The van der Waals surface area contributed by atoms with Gasteiger partial charge in [0.25, 0.3) is 0 Å². The molecule has 2 N–H and O–H groups in total. The number of aliphatic hydroxyl groups excluding tert-OH is 1. The lowest BCUT2D eigenvalue weighted by Crippen LogP contribution is -2.22. The quantitative estimate of drug-likeness (QED) is 0.806. The monoisotopic (exact) mass is 265 g/mol. The van der Waals surface area contributed by atoms with Gasteiger partial charge in [0.05, 0.1) is 18.1 Å². The van der Waals surface area contributed by atoms with Crippen LogP contribution in [0.15, 0.2) is 29.4 Å². The summed E-state index contributed by atoms with van der Waals surface area (Å²) in [5.74, 6) is 0. The van der Waals surface area contributed by atoms with Crippen LogP contribution in [-0.4, -0.2) is 21.2 Å². The number of aliphatic hydroxyl groups is 1. The molecule has 0 radical (unpaired) electrons. The highest BCUT2D eigenvalue weighted by atomic mass is 32.1. The van der Waals surface area contributed by atoms with Crippen molar-refractivity contribution in [2.24, 2.45) is 0 Å². The standard InChI is InChI=1S/C13H19N3OS/c1-2-4-16-10-15-7-12(16)6-14-8-13(17)11-3-5-18-9-11/h3,5,7,9-10,13-14,17H,2,4,6,8H2,1H3. The van der Waals surface area contributed by atoms with Crippen LogP contribution >= 0.6 is 11.3 Å². The maximum absolute atomic E-state index is 9.93. The minimum absolute atomic E-state index is 0.432. The molecule has 2 aromatic heterocycles. The Balaban J connectivity index is 1.79. The van der Waals surface area contributed by atoms with E-state index in [-0.39, 0.29) is 0 Å². The molecule has 4 nitrogen and oxygen atoms in total. The summed E-state index contributed by atoms with van der Waals surface area (Å²) in [7, 11) is 0. The summed E-state index contributed by atoms with van der Waals surface area (Å²) in [6.07, 6.45) is 4.40. The van der Waals surface area contributed by atoms with Crippen LogP contribution in [-0.2, 0) is 13.1 Å². The van der Waals surface area contributed by atoms with Crippen molar-refractivity contribution < 1.29 is 5.11 Å².